The van der Waals surface area contributed by atoms with Crippen LogP contribution in [0.15, 0.2) is 12.2 Å². The second-order valence-electron chi connectivity index (χ2n) is 2.40. The third-order valence-corrected chi connectivity index (χ3v) is 2.23. The highest BCUT2D eigenvalue weighted by molar-refractivity contribution is 7.86. The molecule has 1 unspecified atom stereocenters. The number of aliphatic hydroxyl groups excluding tert-OH is 1. The molecule has 0 aromatic carbocycles. The van der Waals surface area contributed by atoms with Crippen molar-refractivity contribution in [3.63, 3.8) is 0 Å². The Hall–Kier alpha value is -0.430. The Morgan fingerprint density at radius 3 is 2.62 bits per heavy atom. The minimum Gasteiger partial charge on any atom is -0.377 e. The van der Waals surface area contributed by atoms with Crippen LogP contribution in [-0.4, -0.2) is 36.7 Å². The van der Waals surface area contributed by atoms with Crippen molar-refractivity contribution < 1.29 is 22.8 Å². The van der Waals surface area contributed by atoms with Gasteiger partial charge >= 0.3 is 0 Å². The predicted molar refractivity (Wildman–Crippen MR) is 47.8 cm³/mol. The van der Waals surface area contributed by atoms with Gasteiger partial charge in [0.1, 0.15) is 0 Å². The van der Waals surface area contributed by atoms with Crippen molar-refractivity contribution in [1.82, 2.24) is 0 Å². The molecule has 0 saturated carbocycles. The van der Waals surface area contributed by atoms with E-state index in [0.29, 0.717) is 6.61 Å². The molecule has 6 heteroatoms. The van der Waals surface area contributed by atoms with Crippen molar-refractivity contribution in [1.29, 1.82) is 0 Å². The molecular weight excluding hydrogens is 196 g/mol. The number of allylic oxidation sites excluding steroid dienone is 1. The molecule has 13 heavy (non-hydrogen) atoms. The lowest BCUT2D eigenvalue weighted by Gasteiger charge is -2.06. The van der Waals surface area contributed by atoms with Crippen molar-refractivity contribution in [2.75, 3.05) is 13.2 Å². The van der Waals surface area contributed by atoms with E-state index >= 15 is 0 Å². The molecular formula is C7H14O5S. The smallest absolute Gasteiger partial charge is 0.292 e. The van der Waals surface area contributed by atoms with Gasteiger partial charge in [-0.2, -0.15) is 8.42 Å². The zero-order valence-corrected chi connectivity index (χ0v) is 8.20. The van der Waals surface area contributed by atoms with E-state index in [9.17, 15) is 8.42 Å². The van der Waals surface area contributed by atoms with Crippen LogP contribution < -0.4 is 0 Å². The Kier molecular flexibility index (Phi) is 5.89. The van der Waals surface area contributed by atoms with Gasteiger partial charge in [0.05, 0.1) is 13.2 Å². The average molecular weight is 210 g/mol. The number of aliphatic hydroxyl groups is 1. The van der Waals surface area contributed by atoms with Gasteiger partial charge in [-0.05, 0) is 6.92 Å². The summed E-state index contributed by atoms with van der Waals surface area (Å²) in [4.78, 5) is 0. The molecule has 78 valence electrons. The van der Waals surface area contributed by atoms with E-state index in [0.717, 1.165) is 0 Å². The fourth-order valence-electron chi connectivity index (χ4n) is 0.581. The van der Waals surface area contributed by atoms with E-state index in [1.807, 2.05) is 6.92 Å². The largest absolute Gasteiger partial charge is 0.377 e. The normalized spacial score (nSPS) is 15.0. The molecule has 0 bridgehead atoms. The van der Waals surface area contributed by atoms with Gasteiger partial charge in [0, 0.05) is 6.42 Å². The summed E-state index contributed by atoms with van der Waals surface area (Å²) in [6.45, 7) is 2.29. The summed E-state index contributed by atoms with van der Waals surface area (Å²) in [5, 5.41) is 8.81. The molecule has 0 aromatic heterocycles. The molecule has 2 N–H and O–H groups in total. The van der Waals surface area contributed by atoms with Crippen LogP contribution in [0.25, 0.3) is 0 Å². The van der Waals surface area contributed by atoms with Gasteiger partial charge in [-0.25, -0.2) is 0 Å². The van der Waals surface area contributed by atoms with Gasteiger partial charge in [-0.15, -0.1) is 0 Å². The lowest BCUT2D eigenvalue weighted by molar-refractivity contribution is 0.123. The summed E-state index contributed by atoms with van der Waals surface area (Å²) in [5.41, 5.74) is -1.75. The van der Waals surface area contributed by atoms with Crippen molar-refractivity contribution in [3.05, 3.63) is 12.2 Å². The van der Waals surface area contributed by atoms with E-state index in [1.54, 1.807) is 12.2 Å². The quantitative estimate of drug-likeness (QED) is 0.371. The van der Waals surface area contributed by atoms with E-state index in [4.69, 9.17) is 14.4 Å². The first-order valence-corrected chi connectivity index (χ1v) is 5.32. The maximum Gasteiger partial charge on any atom is 0.292 e. The zero-order chi connectivity index (χ0) is 10.3. The first kappa shape index (κ1) is 12.6. The minimum absolute atomic E-state index is 0.0886. The Morgan fingerprint density at radius 1 is 1.54 bits per heavy atom. The minimum atomic E-state index is -4.34. The molecule has 0 heterocycles. The molecule has 0 aromatic rings. The lowest BCUT2D eigenvalue weighted by atomic mass is 10.5. The number of hydrogen-bond acceptors (Lipinski definition) is 4. The van der Waals surface area contributed by atoms with Crippen molar-refractivity contribution in [2.45, 2.75) is 18.8 Å². The molecule has 0 aliphatic carbocycles. The third kappa shape index (κ3) is 6.71. The van der Waals surface area contributed by atoms with Gasteiger partial charge < -0.3 is 9.84 Å². The topological polar surface area (TPSA) is 83.8 Å². The number of rotatable bonds is 6. The molecule has 1 atom stereocenters. The zero-order valence-electron chi connectivity index (χ0n) is 7.38. The van der Waals surface area contributed by atoms with Gasteiger partial charge in [0.25, 0.3) is 10.1 Å². The second kappa shape index (κ2) is 6.09. The van der Waals surface area contributed by atoms with Crippen LogP contribution in [0.2, 0.25) is 0 Å². The molecule has 0 saturated heterocycles. The summed E-state index contributed by atoms with van der Waals surface area (Å²) in [6, 6.07) is 0. The fraction of sp³-hybridized carbons (Fsp3) is 0.714. The molecule has 0 fully saturated rings. The van der Waals surface area contributed by atoms with Crippen LogP contribution in [0, 0.1) is 0 Å². The van der Waals surface area contributed by atoms with E-state index < -0.39 is 15.6 Å². The van der Waals surface area contributed by atoms with Crippen molar-refractivity contribution in [3.8, 4) is 0 Å². The molecule has 0 rings (SSSR count). The van der Waals surface area contributed by atoms with Crippen molar-refractivity contribution >= 4 is 10.1 Å². The molecule has 0 aliphatic heterocycles. The Morgan fingerprint density at radius 2 is 2.15 bits per heavy atom. The highest BCUT2D eigenvalue weighted by Crippen LogP contribution is 1.99. The molecule has 0 radical (unpaired) electrons. The van der Waals surface area contributed by atoms with Gasteiger partial charge in [0.2, 0.25) is 0 Å². The van der Waals surface area contributed by atoms with Crippen LogP contribution in [0.5, 0.6) is 0 Å². The number of hydrogen-bond donors (Lipinski definition) is 2. The first-order chi connectivity index (χ1) is 5.98. The van der Waals surface area contributed by atoms with Crippen LogP contribution in [0.4, 0.5) is 0 Å². The van der Waals surface area contributed by atoms with Gasteiger partial charge in [-0.3, -0.25) is 4.55 Å². The Balaban J connectivity index is 3.55. The molecule has 0 spiro atoms. The summed E-state index contributed by atoms with van der Waals surface area (Å²) >= 11 is 0. The van der Waals surface area contributed by atoms with Crippen LogP contribution in [0.3, 0.4) is 0 Å². The molecule has 0 amide bonds. The maximum absolute atomic E-state index is 10.3. The number of ether oxygens (including phenoxy) is 1. The highest BCUT2D eigenvalue weighted by atomic mass is 32.2. The maximum atomic E-state index is 10.3. The summed E-state index contributed by atoms with van der Waals surface area (Å²) < 4.78 is 33.8. The van der Waals surface area contributed by atoms with Gasteiger partial charge in [-0.1, -0.05) is 12.2 Å². The Labute approximate surface area is 77.8 Å². The lowest BCUT2D eigenvalue weighted by Crippen LogP contribution is -2.21. The standard InChI is InChI=1S/C7H14O5S/c1-2-3-5-12-6-4-7(8)13(9,10)11/h2-3,7-8H,4-6H2,1H3,(H,9,10,11). The highest BCUT2D eigenvalue weighted by Gasteiger charge is 2.18. The monoisotopic (exact) mass is 210 g/mol. The Bertz CT molecular complexity index is 244. The molecule has 5 nitrogen and oxygen atoms in total. The van der Waals surface area contributed by atoms with Crippen molar-refractivity contribution in [2.24, 2.45) is 0 Å². The van der Waals surface area contributed by atoms with Crippen LogP contribution >= 0.6 is 0 Å². The summed E-state index contributed by atoms with van der Waals surface area (Å²) in [5.74, 6) is 0. The SMILES string of the molecule is CC=CCOCCC(O)S(=O)(=O)O. The van der Waals surface area contributed by atoms with E-state index in [1.165, 1.54) is 0 Å². The first-order valence-electron chi connectivity index (χ1n) is 3.81. The second-order valence-corrected chi connectivity index (χ2v) is 3.98. The average Bonchev–Trinajstić information content (AvgIpc) is 2.02. The third-order valence-electron chi connectivity index (χ3n) is 1.30. The van der Waals surface area contributed by atoms with E-state index in [2.05, 4.69) is 0 Å². The van der Waals surface area contributed by atoms with Crippen LogP contribution in [-0.2, 0) is 14.9 Å². The summed E-state index contributed by atoms with van der Waals surface area (Å²) in [6.07, 6.45) is 3.41. The summed E-state index contributed by atoms with van der Waals surface area (Å²) in [7, 11) is -4.34. The van der Waals surface area contributed by atoms with E-state index in [-0.39, 0.29) is 13.0 Å². The van der Waals surface area contributed by atoms with Crippen LogP contribution in [0.1, 0.15) is 13.3 Å². The fourth-order valence-corrected chi connectivity index (χ4v) is 0.975. The van der Waals surface area contributed by atoms with Gasteiger partial charge in [0.15, 0.2) is 5.44 Å². The molecule has 0 aliphatic rings. The predicted octanol–water partition coefficient (Wildman–Crippen LogP) is 0.175.